The van der Waals surface area contributed by atoms with Gasteiger partial charge in [-0.1, -0.05) is 0 Å². The molecule has 10 heteroatoms. The van der Waals surface area contributed by atoms with E-state index >= 15 is 0 Å². The van der Waals surface area contributed by atoms with Crippen LogP contribution < -0.4 is 16.8 Å². The first kappa shape index (κ1) is 20.3. The van der Waals surface area contributed by atoms with Crippen molar-refractivity contribution in [2.75, 3.05) is 13.2 Å². The highest BCUT2D eigenvalue weighted by molar-refractivity contribution is 6.02. The van der Waals surface area contributed by atoms with Gasteiger partial charge in [-0.2, -0.15) is 5.10 Å². The number of nitrogens with two attached hydrogens (primary N) is 2. The molecule has 0 aromatic carbocycles. The van der Waals surface area contributed by atoms with Crippen LogP contribution in [-0.2, 0) is 19.9 Å². The maximum Gasteiger partial charge on any atom is 0.244 e. The molecule has 3 aliphatic heterocycles. The molecular weight excluding hydrogens is 410 g/mol. The Morgan fingerprint density at radius 2 is 2.09 bits per heavy atom. The minimum Gasteiger partial charge on any atom is -0.495 e. The van der Waals surface area contributed by atoms with Crippen molar-refractivity contribution in [2.24, 2.45) is 22.4 Å². The van der Waals surface area contributed by atoms with Gasteiger partial charge in [-0.15, -0.1) is 0 Å². The highest BCUT2D eigenvalue weighted by atomic mass is 16.5. The molecule has 1 unspecified atom stereocenters. The van der Waals surface area contributed by atoms with Crippen molar-refractivity contribution >= 4 is 17.6 Å². The van der Waals surface area contributed by atoms with Gasteiger partial charge in [0.15, 0.2) is 0 Å². The van der Waals surface area contributed by atoms with E-state index in [1.54, 1.807) is 43.4 Å². The lowest BCUT2D eigenvalue weighted by Crippen LogP contribution is -2.43. The predicted molar refractivity (Wildman–Crippen MR) is 117 cm³/mol. The Morgan fingerprint density at radius 1 is 1.31 bits per heavy atom. The molecule has 1 fully saturated rings. The second-order valence-corrected chi connectivity index (χ2v) is 9.15. The van der Waals surface area contributed by atoms with Crippen LogP contribution in [0.4, 0.5) is 0 Å². The minimum absolute atomic E-state index is 0.257. The first-order chi connectivity index (χ1) is 15.3. The molecule has 0 radical (unpaired) electrons. The van der Waals surface area contributed by atoms with Crippen LogP contribution in [0, 0.1) is 5.92 Å². The fourth-order valence-corrected chi connectivity index (χ4v) is 4.32. The van der Waals surface area contributed by atoms with Gasteiger partial charge < -0.3 is 26.4 Å². The summed E-state index contributed by atoms with van der Waals surface area (Å²) in [4.78, 5) is 30.7. The second-order valence-electron chi connectivity index (χ2n) is 9.15. The second kappa shape index (κ2) is 7.25. The number of ether oxygens (including phenoxy) is 1. The van der Waals surface area contributed by atoms with Crippen LogP contribution in [0.25, 0.3) is 0 Å². The molecule has 32 heavy (non-hydrogen) atoms. The molecule has 0 spiro atoms. The van der Waals surface area contributed by atoms with E-state index in [0.29, 0.717) is 12.3 Å². The smallest absolute Gasteiger partial charge is 0.244 e. The number of aliphatic imine (C=N–C) groups is 1. The molecule has 1 aromatic heterocycles. The number of nitrogens with zero attached hydrogens (tertiary/aromatic N) is 4. The molecule has 1 saturated carbocycles. The monoisotopic (exact) mass is 437 g/mol. The number of hydrogen-bond donors (Lipinski definition) is 3. The van der Waals surface area contributed by atoms with E-state index in [1.165, 1.54) is 5.57 Å². The molecule has 0 saturated heterocycles. The van der Waals surface area contributed by atoms with Gasteiger partial charge in [-0.05, 0) is 44.6 Å². The fraction of sp³-hybridized carbons (Fsp3) is 0.455. The highest BCUT2D eigenvalue weighted by Crippen LogP contribution is 2.39. The fourth-order valence-electron chi connectivity index (χ4n) is 4.32. The van der Waals surface area contributed by atoms with Gasteiger partial charge in [0.25, 0.3) is 0 Å². The van der Waals surface area contributed by atoms with E-state index < -0.39 is 17.5 Å². The van der Waals surface area contributed by atoms with E-state index in [2.05, 4.69) is 15.3 Å². The quantitative estimate of drug-likeness (QED) is 0.565. The lowest BCUT2D eigenvalue weighted by Gasteiger charge is -2.30. The van der Waals surface area contributed by atoms with Crippen molar-refractivity contribution in [1.82, 2.24) is 20.0 Å². The Hall–Kier alpha value is -3.56. The molecule has 1 aliphatic carbocycles. The van der Waals surface area contributed by atoms with E-state index in [9.17, 15) is 9.59 Å². The minimum atomic E-state index is -0.952. The zero-order valence-electron chi connectivity index (χ0n) is 18.2. The van der Waals surface area contributed by atoms with Crippen molar-refractivity contribution in [1.29, 1.82) is 0 Å². The Morgan fingerprint density at radius 3 is 2.78 bits per heavy atom. The van der Waals surface area contributed by atoms with Crippen molar-refractivity contribution in [3.8, 4) is 0 Å². The van der Waals surface area contributed by atoms with Gasteiger partial charge in [-0.25, -0.2) is 4.99 Å². The molecule has 4 heterocycles. The van der Waals surface area contributed by atoms with Gasteiger partial charge in [0.05, 0.1) is 23.2 Å². The van der Waals surface area contributed by atoms with Crippen LogP contribution in [-0.4, -0.2) is 51.5 Å². The molecule has 0 bridgehead atoms. The summed E-state index contributed by atoms with van der Waals surface area (Å²) in [7, 11) is 0. The zero-order chi connectivity index (χ0) is 22.6. The van der Waals surface area contributed by atoms with Crippen LogP contribution in [0.3, 0.4) is 0 Å². The molecule has 10 nitrogen and oxygen atoms in total. The molecular formula is C22H27N7O3. The topological polar surface area (TPSA) is 141 Å². The third kappa shape index (κ3) is 3.26. The number of hydrogen-bond acceptors (Lipinski definition) is 7. The normalized spacial score (nSPS) is 21.1. The number of carbonyl (C=O) groups excluding carboxylic acids is 2. The third-order valence-corrected chi connectivity index (χ3v) is 6.55. The Bertz CT molecular complexity index is 1120. The largest absolute Gasteiger partial charge is 0.495 e. The first-order valence-corrected chi connectivity index (χ1v) is 10.8. The number of amidine groups is 1. The van der Waals surface area contributed by atoms with Crippen LogP contribution in [0.1, 0.15) is 38.7 Å². The van der Waals surface area contributed by atoms with Gasteiger partial charge in [0, 0.05) is 24.5 Å². The molecule has 2 amide bonds. The summed E-state index contributed by atoms with van der Waals surface area (Å²) in [6.07, 6.45) is 9.76. The SMILES string of the molecule is CC(C)(C(N)=O)n1cc(C2=NC=C3C(NC(C(N)=O)C4CC4)=COCC4=C3N2CC4)cn1. The number of carbonyl (C=O) groups is 2. The summed E-state index contributed by atoms with van der Waals surface area (Å²) >= 11 is 0. The Balaban J connectivity index is 1.50. The molecule has 1 aromatic rings. The summed E-state index contributed by atoms with van der Waals surface area (Å²) in [6, 6.07) is -0.428. The number of nitrogens with one attached hydrogen (secondary N) is 1. The Labute approximate surface area is 185 Å². The molecule has 5 N–H and O–H groups in total. The average Bonchev–Trinajstić information content (AvgIpc) is 3.34. The van der Waals surface area contributed by atoms with Gasteiger partial charge in [-0.3, -0.25) is 14.3 Å². The van der Waals surface area contributed by atoms with Crippen LogP contribution in [0.5, 0.6) is 0 Å². The van der Waals surface area contributed by atoms with Gasteiger partial charge >= 0.3 is 0 Å². The molecule has 5 rings (SSSR count). The van der Waals surface area contributed by atoms with Gasteiger partial charge in [0.2, 0.25) is 11.8 Å². The molecule has 168 valence electrons. The van der Waals surface area contributed by atoms with Crippen LogP contribution >= 0.6 is 0 Å². The molecule has 4 aliphatic rings. The summed E-state index contributed by atoms with van der Waals surface area (Å²) in [5.74, 6) is 0.181. The standard InChI is InChI=1S/C22H27N7O3/c1-22(2,21(24)31)29-9-14(7-26-29)20-25-8-15-16(27-17(19(23)30)12-3-4-12)11-32-10-13-5-6-28(20)18(13)15/h7-9,11-12,17,27H,3-6,10H2,1-2H3,(H2,23,30)(H2,24,31). The summed E-state index contributed by atoms with van der Waals surface area (Å²) < 4.78 is 7.37. The van der Waals surface area contributed by atoms with Gasteiger partial charge in [0.1, 0.15) is 30.3 Å². The lowest BCUT2D eigenvalue weighted by atomic mass is 10.0. The lowest BCUT2D eigenvalue weighted by molar-refractivity contribution is -0.125. The highest BCUT2D eigenvalue weighted by Gasteiger charge is 2.39. The van der Waals surface area contributed by atoms with Crippen molar-refractivity contribution < 1.29 is 14.3 Å². The van der Waals surface area contributed by atoms with Crippen molar-refractivity contribution in [3.63, 3.8) is 0 Å². The number of aromatic nitrogens is 2. The zero-order valence-corrected chi connectivity index (χ0v) is 18.2. The number of primary amides is 2. The van der Waals surface area contributed by atoms with E-state index in [1.807, 2.05) is 0 Å². The summed E-state index contributed by atoms with van der Waals surface area (Å²) in [5, 5.41) is 7.67. The maximum atomic E-state index is 12.0. The first-order valence-electron chi connectivity index (χ1n) is 10.8. The van der Waals surface area contributed by atoms with Crippen LogP contribution in [0.15, 0.2) is 52.4 Å². The number of amides is 2. The van der Waals surface area contributed by atoms with Crippen molar-refractivity contribution in [2.45, 2.75) is 44.7 Å². The van der Waals surface area contributed by atoms with E-state index in [0.717, 1.165) is 48.5 Å². The third-order valence-electron chi connectivity index (χ3n) is 6.55. The maximum absolute atomic E-state index is 12.0. The van der Waals surface area contributed by atoms with Crippen molar-refractivity contribution in [3.05, 3.63) is 53.0 Å². The van der Waals surface area contributed by atoms with Crippen LogP contribution in [0.2, 0.25) is 0 Å². The molecule has 1 atom stereocenters. The van der Waals surface area contributed by atoms with E-state index in [4.69, 9.17) is 21.2 Å². The van der Waals surface area contributed by atoms with E-state index in [-0.39, 0.29) is 11.8 Å². The summed E-state index contributed by atoms with van der Waals surface area (Å²) in [5.41, 5.74) is 14.8. The Kier molecular flexibility index (Phi) is 4.61. The average molecular weight is 438 g/mol. The summed E-state index contributed by atoms with van der Waals surface area (Å²) in [6.45, 7) is 4.68. The predicted octanol–water partition coefficient (Wildman–Crippen LogP) is 0.433. The number of rotatable bonds is 7.